The van der Waals surface area contributed by atoms with Crippen molar-refractivity contribution >= 4 is 29.5 Å². The van der Waals surface area contributed by atoms with E-state index >= 15 is 0 Å². The molecule has 1 unspecified atom stereocenters. The molecule has 2 aliphatic heterocycles. The molecule has 2 aliphatic rings. The normalized spacial score (nSPS) is 18.5. The lowest BCUT2D eigenvalue weighted by atomic mass is 10.0. The van der Waals surface area contributed by atoms with Gasteiger partial charge in [-0.15, -0.1) is 0 Å². The molecule has 2 aromatic rings. The lowest BCUT2D eigenvalue weighted by Crippen LogP contribution is -2.52. The number of fused-ring (bicyclic) bond motifs is 1. The number of piperidine rings is 1. The van der Waals surface area contributed by atoms with Crippen LogP contribution < -0.4 is 14.8 Å². The van der Waals surface area contributed by atoms with Gasteiger partial charge in [0.15, 0.2) is 0 Å². The van der Waals surface area contributed by atoms with Gasteiger partial charge in [0.1, 0.15) is 17.5 Å². The third-order valence-electron chi connectivity index (χ3n) is 5.13. The molecule has 8 heteroatoms. The number of nitrogens with zero attached hydrogens (tertiary/aromatic N) is 1. The number of hydrogen-bond acceptors (Lipinski definition) is 6. The number of imide groups is 1. The highest BCUT2D eigenvalue weighted by Crippen LogP contribution is 2.41. The average molecular weight is 412 g/mol. The van der Waals surface area contributed by atoms with Gasteiger partial charge in [-0.05, 0) is 42.3 Å². The Hall–Kier alpha value is -3.00. The van der Waals surface area contributed by atoms with Crippen LogP contribution in [0.5, 0.6) is 11.5 Å². The van der Waals surface area contributed by atoms with Crippen molar-refractivity contribution in [3.63, 3.8) is 0 Å². The third-order valence-corrected chi connectivity index (χ3v) is 6.27. The molecule has 2 aromatic carbocycles. The second-order valence-electron chi connectivity index (χ2n) is 6.80. The SMILES string of the molecule is COc1ccc(OC)c(Sc2cccc3c2CN(C2CCC(=O)NC2=O)C3=O)c1. The summed E-state index contributed by atoms with van der Waals surface area (Å²) in [6.07, 6.45) is 0.579. The molecule has 0 bridgehead atoms. The van der Waals surface area contributed by atoms with Gasteiger partial charge in [-0.1, -0.05) is 17.8 Å². The van der Waals surface area contributed by atoms with Crippen molar-refractivity contribution in [2.45, 2.75) is 35.2 Å². The Kier molecular flexibility index (Phi) is 5.19. The van der Waals surface area contributed by atoms with Crippen molar-refractivity contribution in [2.24, 2.45) is 0 Å². The Morgan fingerprint density at radius 1 is 1.07 bits per heavy atom. The van der Waals surface area contributed by atoms with Crippen LogP contribution in [0, 0.1) is 0 Å². The molecule has 2 heterocycles. The van der Waals surface area contributed by atoms with Crippen LogP contribution in [-0.4, -0.2) is 42.9 Å². The fourth-order valence-electron chi connectivity index (χ4n) is 3.64. The minimum atomic E-state index is -0.628. The molecule has 0 spiro atoms. The van der Waals surface area contributed by atoms with Crippen LogP contribution in [0.1, 0.15) is 28.8 Å². The van der Waals surface area contributed by atoms with Crippen LogP contribution >= 0.6 is 11.8 Å². The van der Waals surface area contributed by atoms with Gasteiger partial charge in [0, 0.05) is 23.4 Å². The summed E-state index contributed by atoms with van der Waals surface area (Å²) in [5, 5.41) is 2.33. The van der Waals surface area contributed by atoms with E-state index in [0.717, 1.165) is 15.4 Å². The average Bonchev–Trinajstić information content (AvgIpc) is 3.05. The molecule has 0 saturated carbocycles. The number of nitrogens with one attached hydrogen (secondary N) is 1. The second kappa shape index (κ2) is 7.79. The zero-order valence-electron chi connectivity index (χ0n) is 16.1. The molecule has 1 atom stereocenters. The number of methoxy groups -OCH3 is 2. The Morgan fingerprint density at radius 3 is 2.62 bits per heavy atom. The van der Waals surface area contributed by atoms with Crippen molar-refractivity contribution in [1.29, 1.82) is 0 Å². The lowest BCUT2D eigenvalue weighted by Gasteiger charge is -2.29. The molecule has 1 fully saturated rings. The molecule has 7 nitrogen and oxygen atoms in total. The lowest BCUT2D eigenvalue weighted by molar-refractivity contribution is -0.136. The first-order valence-corrected chi connectivity index (χ1v) is 10.00. The van der Waals surface area contributed by atoms with Gasteiger partial charge in [0.05, 0.1) is 19.1 Å². The summed E-state index contributed by atoms with van der Waals surface area (Å²) in [5.74, 6) is 0.527. The number of carbonyl (C=O) groups excluding carboxylic acids is 3. The standard InChI is InChI=1S/C21H20N2O5S/c1-27-12-6-8-16(28-2)18(10-12)29-17-5-3-4-13-14(17)11-23(21(13)26)15-7-9-19(24)22-20(15)25/h3-6,8,10,15H,7,9,11H2,1-2H3,(H,22,24,25). The number of rotatable bonds is 5. The fraction of sp³-hybridized carbons (Fsp3) is 0.286. The molecule has 29 heavy (non-hydrogen) atoms. The summed E-state index contributed by atoms with van der Waals surface area (Å²) in [7, 11) is 3.21. The van der Waals surface area contributed by atoms with Crippen LogP contribution in [-0.2, 0) is 16.1 Å². The van der Waals surface area contributed by atoms with Crippen molar-refractivity contribution < 1.29 is 23.9 Å². The van der Waals surface area contributed by atoms with E-state index in [1.165, 1.54) is 11.8 Å². The minimum absolute atomic E-state index is 0.186. The molecule has 4 rings (SSSR count). The van der Waals surface area contributed by atoms with Crippen LogP contribution in [0.4, 0.5) is 0 Å². The molecular formula is C21H20N2O5S. The van der Waals surface area contributed by atoms with Crippen LogP contribution in [0.2, 0.25) is 0 Å². The van der Waals surface area contributed by atoms with Crippen molar-refractivity contribution in [2.75, 3.05) is 14.2 Å². The largest absolute Gasteiger partial charge is 0.497 e. The summed E-state index contributed by atoms with van der Waals surface area (Å²) in [4.78, 5) is 40.0. The first kappa shape index (κ1) is 19.3. The maximum atomic E-state index is 13.0. The highest BCUT2D eigenvalue weighted by molar-refractivity contribution is 7.99. The van der Waals surface area contributed by atoms with E-state index in [1.54, 1.807) is 25.2 Å². The highest BCUT2D eigenvalue weighted by atomic mass is 32.2. The first-order valence-electron chi connectivity index (χ1n) is 9.18. The highest BCUT2D eigenvalue weighted by Gasteiger charge is 2.39. The number of benzene rings is 2. The van der Waals surface area contributed by atoms with Crippen LogP contribution in [0.25, 0.3) is 0 Å². The topological polar surface area (TPSA) is 84.9 Å². The maximum Gasteiger partial charge on any atom is 0.255 e. The van der Waals surface area contributed by atoms with E-state index in [2.05, 4.69) is 5.32 Å². The molecular weight excluding hydrogens is 392 g/mol. The van der Waals surface area contributed by atoms with Gasteiger partial charge in [-0.2, -0.15) is 0 Å². The van der Waals surface area contributed by atoms with E-state index in [4.69, 9.17) is 9.47 Å². The summed E-state index contributed by atoms with van der Waals surface area (Å²) in [5.41, 5.74) is 1.46. The van der Waals surface area contributed by atoms with Crippen molar-refractivity contribution in [3.8, 4) is 11.5 Å². The van der Waals surface area contributed by atoms with E-state index in [1.807, 2.05) is 30.3 Å². The molecule has 3 amide bonds. The summed E-state index contributed by atoms with van der Waals surface area (Å²) < 4.78 is 10.8. The Balaban J connectivity index is 1.64. The van der Waals surface area contributed by atoms with Crippen LogP contribution in [0.15, 0.2) is 46.2 Å². The van der Waals surface area contributed by atoms with Gasteiger partial charge in [-0.3, -0.25) is 19.7 Å². The van der Waals surface area contributed by atoms with Gasteiger partial charge in [0.2, 0.25) is 11.8 Å². The molecule has 0 aliphatic carbocycles. The summed E-state index contributed by atoms with van der Waals surface area (Å²) >= 11 is 1.49. The minimum Gasteiger partial charge on any atom is -0.497 e. The van der Waals surface area contributed by atoms with E-state index in [-0.39, 0.29) is 18.2 Å². The van der Waals surface area contributed by atoms with E-state index < -0.39 is 11.9 Å². The van der Waals surface area contributed by atoms with Crippen molar-refractivity contribution in [3.05, 3.63) is 47.5 Å². The Labute approximate surface area is 172 Å². The van der Waals surface area contributed by atoms with E-state index in [0.29, 0.717) is 30.0 Å². The zero-order valence-corrected chi connectivity index (χ0v) is 16.9. The first-order chi connectivity index (χ1) is 14.0. The molecule has 0 aromatic heterocycles. The maximum absolute atomic E-state index is 13.0. The quantitative estimate of drug-likeness (QED) is 0.760. The van der Waals surface area contributed by atoms with Crippen LogP contribution in [0.3, 0.4) is 0 Å². The molecule has 150 valence electrons. The third kappa shape index (κ3) is 3.55. The summed E-state index contributed by atoms with van der Waals surface area (Å²) in [6.45, 7) is 0.329. The predicted octanol–water partition coefficient (Wildman–Crippen LogP) is 2.62. The number of amides is 3. The fourth-order valence-corrected chi connectivity index (χ4v) is 4.74. The summed E-state index contributed by atoms with van der Waals surface area (Å²) in [6, 6.07) is 10.5. The van der Waals surface area contributed by atoms with Crippen molar-refractivity contribution in [1.82, 2.24) is 10.2 Å². The zero-order chi connectivity index (χ0) is 20.5. The van der Waals surface area contributed by atoms with Gasteiger partial charge < -0.3 is 14.4 Å². The van der Waals surface area contributed by atoms with Gasteiger partial charge >= 0.3 is 0 Å². The number of carbonyl (C=O) groups is 3. The molecule has 1 N–H and O–H groups in total. The molecule has 1 saturated heterocycles. The second-order valence-corrected chi connectivity index (χ2v) is 7.88. The number of hydrogen-bond donors (Lipinski definition) is 1. The van der Waals surface area contributed by atoms with Gasteiger partial charge in [0.25, 0.3) is 5.91 Å². The Morgan fingerprint density at radius 2 is 1.90 bits per heavy atom. The predicted molar refractivity (Wildman–Crippen MR) is 106 cm³/mol. The smallest absolute Gasteiger partial charge is 0.255 e. The molecule has 0 radical (unpaired) electrons. The van der Waals surface area contributed by atoms with Gasteiger partial charge in [-0.25, -0.2) is 0 Å². The Bertz CT molecular complexity index is 1010. The van der Waals surface area contributed by atoms with E-state index in [9.17, 15) is 14.4 Å². The number of ether oxygens (including phenoxy) is 2. The monoisotopic (exact) mass is 412 g/mol.